The minimum absolute atomic E-state index is 0.409. The van der Waals surface area contributed by atoms with Gasteiger partial charge in [-0.3, -0.25) is 4.79 Å². The summed E-state index contributed by atoms with van der Waals surface area (Å²) in [6, 6.07) is 7.57. The lowest BCUT2D eigenvalue weighted by Crippen LogP contribution is -2.24. The van der Waals surface area contributed by atoms with Crippen molar-refractivity contribution in [2.45, 2.75) is 9.71 Å². The summed E-state index contributed by atoms with van der Waals surface area (Å²) in [5.74, 6) is -0.845. The van der Waals surface area contributed by atoms with Gasteiger partial charge in [0, 0.05) is 0 Å². The van der Waals surface area contributed by atoms with Crippen LogP contribution >= 0.6 is 34.8 Å². The third-order valence-electron chi connectivity index (χ3n) is 2.36. The van der Waals surface area contributed by atoms with Crippen molar-refractivity contribution >= 4 is 46.7 Å². The maximum Gasteiger partial charge on any atom is 0.249 e. The van der Waals surface area contributed by atoms with E-state index >= 15 is 0 Å². The van der Waals surface area contributed by atoms with Crippen LogP contribution in [0.5, 0.6) is 0 Å². The lowest BCUT2D eigenvalue weighted by atomic mass is 9.97. The first-order chi connectivity index (χ1) is 7.00. The lowest BCUT2D eigenvalue weighted by Gasteiger charge is -2.15. The predicted octanol–water partition coefficient (Wildman–Crippen LogP) is 3.74. The van der Waals surface area contributed by atoms with Crippen molar-refractivity contribution in [1.82, 2.24) is 0 Å². The van der Waals surface area contributed by atoms with Gasteiger partial charge in [0.25, 0.3) is 0 Å². The van der Waals surface area contributed by atoms with E-state index in [9.17, 15) is 4.79 Å². The number of fused-ring (bicyclic) bond motifs is 1. The Labute approximate surface area is 103 Å². The fraction of sp³-hybridized carbons (Fsp3) is 0.182. The number of benzene rings is 1. The van der Waals surface area contributed by atoms with E-state index in [1.54, 1.807) is 6.08 Å². The average Bonchev–Trinajstić information content (AvgIpc) is 2.58. The Morgan fingerprint density at radius 3 is 2.53 bits per heavy atom. The summed E-state index contributed by atoms with van der Waals surface area (Å²) < 4.78 is -1.85. The fourth-order valence-electron chi connectivity index (χ4n) is 1.65. The van der Waals surface area contributed by atoms with Crippen LogP contribution < -0.4 is 0 Å². The second-order valence-electron chi connectivity index (χ2n) is 3.33. The average molecular weight is 262 g/mol. The standard InChI is InChI=1S/C11H7Cl3O/c12-11(13,14)10(15)9-6-5-7-3-1-2-4-8(7)9/h1-6,9H. The van der Waals surface area contributed by atoms with Gasteiger partial charge in [-0.2, -0.15) is 0 Å². The molecule has 15 heavy (non-hydrogen) atoms. The highest BCUT2D eigenvalue weighted by Crippen LogP contribution is 2.38. The lowest BCUT2D eigenvalue weighted by molar-refractivity contribution is -0.118. The fourth-order valence-corrected chi connectivity index (χ4v) is 2.01. The largest absolute Gasteiger partial charge is 0.294 e. The summed E-state index contributed by atoms with van der Waals surface area (Å²) in [7, 11) is 0. The summed E-state index contributed by atoms with van der Waals surface area (Å²) in [6.07, 6.45) is 3.63. The Hall–Kier alpha value is -0.500. The molecule has 0 aromatic heterocycles. The molecule has 0 aliphatic heterocycles. The number of ketones is 1. The SMILES string of the molecule is O=C(C1C=Cc2ccccc21)C(Cl)(Cl)Cl. The van der Waals surface area contributed by atoms with E-state index in [0.717, 1.165) is 11.1 Å². The Morgan fingerprint density at radius 2 is 1.87 bits per heavy atom. The van der Waals surface area contributed by atoms with E-state index in [4.69, 9.17) is 34.8 Å². The molecule has 2 rings (SSSR count). The van der Waals surface area contributed by atoms with Crippen molar-refractivity contribution in [2.75, 3.05) is 0 Å². The van der Waals surface area contributed by atoms with E-state index in [1.807, 2.05) is 30.3 Å². The van der Waals surface area contributed by atoms with Crippen molar-refractivity contribution < 1.29 is 4.79 Å². The summed E-state index contributed by atoms with van der Waals surface area (Å²) in [6.45, 7) is 0. The number of carbonyl (C=O) groups is 1. The second kappa shape index (κ2) is 3.82. The van der Waals surface area contributed by atoms with Gasteiger partial charge in [0.1, 0.15) is 0 Å². The third-order valence-corrected chi connectivity index (χ3v) is 2.92. The normalized spacial score (nSPS) is 19.0. The minimum Gasteiger partial charge on any atom is -0.294 e. The van der Waals surface area contributed by atoms with Crippen LogP contribution in [0.3, 0.4) is 0 Å². The molecule has 0 bridgehead atoms. The Balaban J connectivity index is 2.37. The van der Waals surface area contributed by atoms with Crippen LogP contribution in [0, 0.1) is 0 Å². The van der Waals surface area contributed by atoms with Gasteiger partial charge in [-0.05, 0) is 11.1 Å². The van der Waals surface area contributed by atoms with Crippen LogP contribution in [0.15, 0.2) is 30.3 Å². The highest BCUT2D eigenvalue weighted by Gasteiger charge is 2.38. The van der Waals surface area contributed by atoms with Crippen LogP contribution in [0.2, 0.25) is 0 Å². The summed E-state index contributed by atoms with van der Waals surface area (Å²) in [5.41, 5.74) is 1.90. The third kappa shape index (κ3) is 2.05. The molecule has 0 radical (unpaired) electrons. The smallest absolute Gasteiger partial charge is 0.249 e. The maximum atomic E-state index is 11.8. The van der Waals surface area contributed by atoms with Crippen LogP contribution in [0.4, 0.5) is 0 Å². The number of hydrogen-bond acceptors (Lipinski definition) is 1. The highest BCUT2D eigenvalue weighted by atomic mass is 35.6. The van der Waals surface area contributed by atoms with Gasteiger partial charge in [0.15, 0.2) is 5.78 Å². The summed E-state index contributed by atoms with van der Waals surface area (Å²) in [5, 5.41) is 0. The van der Waals surface area contributed by atoms with E-state index in [-0.39, 0.29) is 0 Å². The molecule has 1 atom stereocenters. The van der Waals surface area contributed by atoms with Gasteiger partial charge in [0.05, 0.1) is 5.92 Å². The zero-order valence-corrected chi connectivity index (χ0v) is 9.85. The molecule has 0 spiro atoms. The van der Waals surface area contributed by atoms with Gasteiger partial charge in [0.2, 0.25) is 3.79 Å². The van der Waals surface area contributed by atoms with Crippen molar-refractivity contribution in [3.05, 3.63) is 41.5 Å². The van der Waals surface area contributed by atoms with E-state index < -0.39 is 15.5 Å². The molecule has 0 saturated heterocycles. The topological polar surface area (TPSA) is 17.1 Å². The zero-order valence-electron chi connectivity index (χ0n) is 7.58. The minimum atomic E-state index is -1.85. The number of halogens is 3. The molecule has 1 aromatic carbocycles. The zero-order chi connectivity index (χ0) is 11.1. The molecule has 1 nitrogen and oxygen atoms in total. The van der Waals surface area contributed by atoms with Gasteiger partial charge in [-0.15, -0.1) is 0 Å². The van der Waals surface area contributed by atoms with Gasteiger partial charge in [-0.25, -0.2) is 0 Å². The van der Waals surface area contributed by atoms with Gasteiger partial charge in [-0.1, -0.05) is 71.2 Å². The molecule has 0 fully saturated rings. The number of rotatable bonds is 1. The Kier molecular flexibility index (Phi) is 2.80. The first-order valence-electron chi connectivity index (χ1n) is 4.38. The molecular weight excluding hydrogens is 254 g/mol. The van der Waals surface area contributed by atoms with Crippen molar-refractivity contribution in [2.24, 2.45) is 0 Å². The van der Waals surface area contributed by atoms with Gasteiger partial charge < -0.3 is 0 Å². The first-order valence-corrected chi connectivity index (χ1v) is 5.52. The van der Waals surface area contributed by atoms with Crippen LogP contribution in [0.25, 0.3) is 6.08 Å². The number of alkyl halides is 3. The van der Waals surface area contributed by atoms with Crippen molar-refractivity contribution in [1.29, 1.82) is 0 Å². The number of Topliss-reactive ketones (excluding diaryl/α,β-unsaturated/α-hetero) is 1. The molecule has 4 heteroatoms. The molecule has 0 N–H and O–H groups in total. The predicted molar refractivity (Wildman–Crippen MR) is 63.5 cm³/mol. The highest BCUT2D eigenvalue weighted by molar-refractivity contribution is 6.76. The molecule has 0 heterocycles. The van der Waals surface area contributed by atoms with Crippen LogP contribution in [-0.2, 0) is 4.79 Å². The van der Waals surface area contributed by atoms with Gasteiger partial charge >= 0.3 is 0 Å². The maximum absolute atomic E-state index is 11.8. The first kappa shape index (κ1) is 11.0. The van der Waals surface area contributed by atoms with E-state index in [2.05, 4.69) is 0 Å². The molecule has 1 aliphatic carbocycles. The monoisotopic (exact) mass is 260 g/mol. The molecule has 78 valence electrons. The quantitative estimate of drug-likeness (QED) is 0.704. The van der Waals surface area contributed by atoms with Crippen molar-refractivity contribution in [3.63, 3.8) is 0 Å². The summed E-state index contributed by atoms with van der Waals surface area (Å²) >= 11 is 16.7. The number of hydrogen-bond donors (Lipinski definition) is 0. The van der Waals surface area contributed by atoms with E-state index in [0.29, 0.717) is 0 Å². The van der Waals surface area contributed by atoms with E-state index in [1.165, 1.54) is 0 Å². The molecule has 0 amide bonds. The van der Waals surface area contributed by atoms with Crippen LogP contribution in [-0.4, -0.2) is 9.58 Å². The number of carbonyl (C=O) groups excluding carboxylic acids is 1. The Bertz CT molecular complexity index is 432. The Morgan fingerprint density at radius 1 is 1.20 bits per heavy atom. The molecule has 0 saturated carbocycles. The second-order valence-corrected chi connectivity index (χ2v) is 5.61. The summed E-state index contributed by atoms with van der Waals surface area (Å²) in [4.78, 5) is 11.8. The molecule has 1 aliphatic rings. The van der Waals surface area contributed by atoms with Crippen LogP contribution in [0.1, 0.15) is 17.0 Å². The number of allylic oxidation sites excluding steroid dienone is 1. The van der Waals surface area contributed by atoms with Crippen molar-refractivity contribution in [3.8, 4) is 0 Å². The molecule has 1 aromatic rings. The molecule has 1 unspecified atom stereocenters. The molecular formula is C11H7Cl3O.